The van der Waals surface area contributed by atoms with Crippen molar-refractivity contribution < 1.29 is 4.79 Å². The van der Waals surface area contributed by atoms with Gasteiger partial charge in [0.05, 0.1) is 17.4 Å². The van der Waals surface area contributed by atoms with Crippen molar-refractivity contribution in [3.8, 4) is 0 Å². The number of aromatic nitrogens is 2. The van der Waals surface area contributed by atoms with E-state index in [0.717, 1.165) is 36.0 Å². The molecule has 6 rings (SSSR count). The van der Waals surface area contributed by atoms with Crippen LogP contribution in [-0.4, -0.2) is 33.4 Å². The Morgan fingerprint density at radius 1 is 1.14 bits per heavy atom. The van der Waals surface area contributed by atoms with Crippen LogP contribution < -0.4 is 0 Å². The van der Waals surface area contributed by atoms with Gasteiger partial charge in [0.25, 0.3) is 5.91 Å². The first-order valence-electron chi connectivity index (χ1n) is 10.8. The Morgan fingerprint density at radius 2 is 2.10 bits per heavy atom. The lowest BCUT2D eigenvalue weighted by Crippen LogP contribution is -2.46. The van der Waals surface area contributed by atoms with Crippen molar-refractivity contribution >= 4 is 22.5 Å². The van der Waals surface area contributed by atoms with Crippen LogP contribution in [0, 0.1) is 0 Å². The van der Waals surface area contributed by atoms with E-state index in [0.29, 0.717) is 5.92 Å². The molecule has 2 unspecified atom stereocenters. The smallest absolute Gasteiger partial charge is 0.254 e. The van der Waals surface area contributed by atoms with Crippen LogP contribution in [0.5, 0.6) is 0 Å². The number of nitrogens with one attached hydrogen (secondary N) is 1. The highest BCUT2D eigenvalue weighted by Crippen LogP contribution is 2.44. The van der Waals surface area contributed by atoms with Crippen LogP contribution in [0.3, 0.4) is 0 Å². The Kier molecular flexibility index (Phi) is 3.86. The summed E-state index contributed by atoms with van der Waals surface area (Å²) in [5, 5.41) is 0. The first-order valence-corrected chi connectivity index (χ1v) is 10.8. The highest BCUT2D eigenvalue weighted by atomic mass is 16.2. The maximum atomic E-state index is 13.4. The van der Waals surface area contributed by atoms with E-state index in [2.05, 4.69) is 39.1 Å². The average molecular weight is 383 g/mol. The molecule has 1 amide bonds. The van der Waals surface area contributed by atoms with Crippen LogP contribution in [0.25, 0.3) is 16.6 Å². The van der Waals surface area contributed by atoms with Gasteiger partial charge in [0.15, 0.2) is 0 Å². The fourth-order valence-electron chi connectivity index (χ4n) is 5.64. The third kappa shape index (κ3) is 2.73. The van der Waals surface area contributed by atoms with Gasteiger partial charge in [-0.25, -0.2) is 4.98 Å². The number of piperidine rings is 1. The predicted molar refractivity (Wildman–Crippen MR) is 115 cm³/mol. The molecule has 3 aromatic rings. The Morgan fingerprint density at radius 3 is 3.00 bits per heavy atom. The highest BCUT2D eigenvalue weighted by molar-refractivity contribution is 5.97. The van der Waals surface area contributed by atoms with Crippen molar-refractivity contribution in [1.82, 2.24) is 14.9 Å². The van der Waals surface area contributed by atoms with Crippen molar-refractivity contribution in [2.45, 2.75) is 50.5 Å². The van der Waals surface area contributed by atoms with E-state index in [4.69, 9.17) is 0 Å². The lowest BCUT2D eigenvalue weighted by atomic mass is 9.87. The van der Waals surface area contributed by atoms with E-state index in [1.165, 1.54) is 47.9 Å². The van der Waals surface area contributed by atoms with Gasteiger partial charge in [-0.3, -0.25) is 4.79 Å². The molecule has 1 N–H and O–H groups in total. The van der Waals surface area contributed by atoms with Crippen molar-refractivity contribution in [2.75, 3.05) is 6.54 Å². The van der Waals surface area contributed by atoms with Crippen molar-refractivity contribution in [3.63, 3.8) is 0 Å². The number of allylic oxidation sites excluding steroid dienone is 2. The van der Waals surface area contributed by atoms with Gasteiger partial charge in [-0.15, -0.1) is 0 Å². The van der Waals surface area contributed by atoms with E-state index < -0.39 is 0 Å². The standard InChI is InChI=1S/C25H25N3O/c29-25(19-9-10-22-23(13-19)27-15-26-22)28-11-3-6-20-21-12-17(16-4-1-2-5-16)7-8-18(21)14-24(20)28/h4,7-10,12-13,15,20,24H,1-3,5-6,11,14H2,(H,26,27). The number of hydrogen-bond donors (Lipinski definition) is 1. The van der Waals surface area contributed by atoms with Gasteiger partial charge in [-0.05, 0) is 79.0 Å². The molecule has 0 saturated carbocycles. The van der Waals surface area contributed by atoms with Gasteiger partial charge < -0.3 is 9.88 Å². The molecule has 146 valence electrons. The van der Waals surface area contributed by atoms with Gasteiger partial charge in [-0.2, -0.15) is 0 Å². The Bertz CT molecular complexity index is 1140. The SMILES string of the molecule is O=C(c1ccc2[nH]cnc2c1)N1CCCC2c3cc(C4=CCCC4)ccc3CC21. The summed E-state index contributed by atoms with van der Waals surface area (Å²) in [6, 6.07) is 13.1. The number of likely N-dealkylation sites (tertiary alicyclic amines) is 1. The number of imidazole rings is 1. The topological polar surface area (TPSA) is 49.0 Å². The molecule has 3 aliphatic rings. The molecule has 0 spiro atoms. The minimum absolute atomic E-state index is 0.149. The molecule has 0 bridgehead atoms. The number of hydrogen-bond acceptors (Lipinski definition) is 2. The molecule has 2 heterocycles. The molecule has 4 nitrogen and oxygen atoms in total. The molecule has 4 heteroatoms. The van der Waals surface area contributed by atoms with Gasteiger partial charge in [-0.1, -0.05) is 24.3 Å². The zero-order valence-corrected chi connectivity index (χ0v) is 16.5. The number of H-pyrrole nitrogens is 1. The monoisotopic (exact) mass is 383 g/mol. The molecule has 2 atom stereocenters. The fraction of sp³-hybridized carbons (Fsp3) is 0.360. The summed E-state index contributed by atoms with van der Waals surface area (Å²) in [7, 11) is 0. The Balaban J connectivity index is 1.31. The first kappa shape index (κ1) is 17.0. The number of amides is 1. The zero-order chi connectivity index (χ0) is 19.4. The Hall–Kier alpha value is -2.88. The molecule has 29 heavy (non-hydrogen) atoms. The Labute approximate surface area is 170 Å². The molecule has 2 aromatic carbocycles. The number of carbonyl (C=O) groups is 1. The van der Waals surface area contributed by atoms with Gasteiger partial charge >= 0.3 is 0 Å². The predicted octanol–water partition coefficient (Wildman–Crippen LogP) is 5.07. The molecule has 0 radical (unpaired) electrons. The van der Waals surface area contributed by atoms with Crippen LogP contribution in [0.1, 0.15) is 65.1 Å². The van der Waals surface area contributed by atoms with E-state index in [9.17, 15) is 4.79 Å². The largest absolute Gasteiger partial charge is 0.345 e. The second-order valence-electron chi connectivity index (χ2n) is 8.69. The lowest BCUT2D eigenvalue weighted by Gasteiger charge is -2.38. The van der Waals surface area contributed by atoms with E-state index in [-0.39, 0.29) is 11.9 Å². The molecular formula is C25H25N3O. The van der Waals surface area contributed by atoms with Crippen LogP contribution in [0.2, 0.25) is 0 Å². The van der Waals surface area contributed by atoms with Crippen molar-refractivity contribution in [3.05, 3.63) is 71.1 Å². The molecule has 1 aliphatic heterocycles. The normalized spacial score (nSPS) is 23.2. The number of benzene rings is 2. The van der Waals surface area contributed by atoms with E-state index in [1.54, 1.807) is 6.33 Å². The maximum Gasteiger partial charge on any atom is 0.254 e. The number of fused-ring (bicyclic) bond motifs is 4. The van der Waals surface area contributed by atoms with E-state index >= 15 is 0 Å². The molecule has 1 saturated heterocycles. The minimum Gasteiger partial charge on any atom is -0.345 e. The summed E-state index contributed by atoms with van der Waals surface area (Å²) < 4.78 is 0. The number of aromatic amines is 1. The summed E-state index contributed by atoms with van der Waals surface area (Å²) in [6.07, 6.45) is 11.0. The molecular weight excluding hydrogens is 358 g/mol. The summed E-state index contributed by atoms with van der Waals surface area (Å²) in [5.41, 5.74) is 8.40. The highest BCUT2D eigenvalue weighted by Gasteiger charge is 2.41. The third-order valence-electron chi connectivity index (χ3n) is 7.09. The van der Waals surface area contributed by atoms with Crippen LogP contribution in [0.4, 0.5) is 0 Å². The quantitative estimate of drug-likeness (QED) is 0.671. The minimum atomic E-state index is 0.149. The third-order valence-corrected chi connectivity index (χ3v) is 7.09. The molecule has 2 aliphatic carbocycles. The number of nitrogens with zero attached hydrogens (tertiary/aromatic N) is 2. The second kappa shape index (κ2) is 6.58. The summed E-state index contributed by atoms with van der Waals surface area (Å²) in [6.45, 7) is 0.852. The van der Waals surface area contributed by atoms with Gasteiger partial charge in [0.1, 0.15) is 0 Å². The summed E-state index contributed by atoms with van der Waals surface area (Å²) in [4.78, 5) is 23.0. The van der Waals surface area contributed by atoms with Crippen molar-refractivity contribution in [2.24, 2.45) is 0 Å². The lowest BCUT2D eigenvalue weighted by molar-refractivity contribution is 0.0595. The van der Waals surface area contributed by atoms with Crippen LogP contribution >= 0.6 is 0 Å². The molecule has 1 fully saturated rings. The van der Waals surface area contributed by atoms with Crippen LogP contribution in [-0.2, 0) is 6.42 Å². The van der Waals surface area contributed by atoms with Gasteiger partial charge in [0, 0.05) is 24.1 Å². The molecule has 1 aromatic heterocycles. The maximum absolute atomic E-state index is 13.4. The zero-order valence-electron chi connectivity index (χ0n) is 16.5. The summed E-state index contributed by atoms with van der Waals surface area (Å²) in [5.74, 6) is 0.620. The van der Waals surface area contributed by atoms with Crippen molar-refractivity contribution in [1.29, 1.82) is 0 Å². The first-order chi connectivity index (χ1) is 14.3. The van der Waals surface area contributed by atoms with Crippen LogP contribution in [0.15, 0.2) is 48.8 Å². The average Bonchev–Trinajstić information content (AvgIpc) is 3.51. The van der Waals surface area contributed by atoms with Gasteiger partial charge in [0.2, 0.25) is 0 Å². The number of rotatable bonds is 2. The fourth-order valence-corrected chi connectivity index (χ4v) is 5.64. The number of carbonyl (C=O) groups excluding carboxylic acids is 1. The van der Waals surface area contributed by atoms with E-state index in [1.807, 2.05) is 18.2 Å². The summed E-state index contributed by atoms with van der Waals surface area (Å²) >= 11 is 0. The second-order valence-corrected chi connectivity index (χ2v) is 8.69.